The smallest absolute Gasteiger partial charge is 0.302 e. The van der Waals surface area contributed by atoms with Crippen molar-refractivity contribution in [2.45, 2.75) is 78.2 Å². The van der Waals surface area contributed by atoms with Gasteiger partial charge in [0, 0.05) is 31.1 Å². The average molecular weight is 346 g/mol. The fourth-order valence-corrected chi connectivity index (χ4v) is 7.01. The zero-order valence-corrected chi connectivity index (χ0v) is 15.7. The van der Waals surface area contributed by atoms with Gasteiger partial charge >= 0.3 is 5.97 Å². The van der Waals surface area contributed by atoms with E-state index >= 15 is 0 Å². The first-order valence-corrected chi connectivity index (χ1v) is 9.99. The molecule has 0 aliphatic heterocycles. The average Bonchev–Trinajstić information content (AvgIpc) is 2.84. The van der Waals surface area contributed by atoms with Gasteiger partial charge in [0.15, 0.2) is 0 Å². The lowest BCUT2D eigenvalue weighted by Crippen LogP contribution is -2.57. The van der Waals surface area contributed by atoms with Crippen molar-refractivity contribution in [3.63, 3.8) is 0 Å². The van der Waals surface area contributed by atoms with Gasteiger partial charge in [0.25, 0.3) is 0 Å². The number of carbonyl (C=O) groups is 3. The van der Waals surface area contributed by atoms with Gasteiger partial charge in [0.2, 0.25) is 0 Å². The third-order valence-corrected chi connectivity index (χ3v) is 8.46. The van der Waals surface area contributed by atoms with Crippen molar-refractivity contribution >= 4 is 17.5 Å². The predicted molar refractivity (Wildman–Crippen MR) is 92.7 cm³/mol. The fraction of sp³-hybridized carbons (Fsp3) is 0.857. The molecule has 0 saturated heterocycles. The fourth-order valence-electron chi connectivity index (χ4n) is 7.01. The van der Waals surface area contributed by atoms with Crippen LogP contribution in [0, 0.1) is 34.5 Å². The second-order valence-electron chi connectivity index (χ2n) is 9.54. The van der Waals surface area contributed by atoms with Gasteiger partial charge < -0.3 is 4.74 Å². The summed E-state index contributed by atoms with van der Waals surface area (Å²) in [5.74, 6) is 1.61. The van der Waals surface area contributed by atoms with E-state index in [-0.39, 0.29) is 34.7 Å². The van der Waals surface area contributed by atoms with Gasteiger partial charge in [-0.2, -0.15) is 0 Å². The summed E-state index contributed by atoms with van der Waals surface area (Å²) in [5, 5.41) is 0. The Morgan fingerprint density at radius 2 is 1.84 bits per heavy atom. The first kappa shape index (κ1) is 17.2. The number of hydrogen-bond acceptors (Lipinski definition) is 4. The normalized spacial score (nSPS) is 49.2. The number of ether oxygens (including phenoxy) is 1. The van der Waals surface area contributed by atoms with Gasteiger partial charge in [-0.25, -0.2) is 0 Å². The lowest BCUT2D eigenvalue weighted by molar-refractivity contribution is -0.166. The molecule has 0 N–H and O–H groups in total. The van der Waals surface area contributed by atoms with Crippen LogP contribution >= 0.6 is 0 Å². The molecule has 0 heterocycles. The van der Waals surface area contributed by atoms with Crippen molar-refractivity contribution < 1.29 is 19.1 Å². The maximum atomic E-state index is 13.1. The minimum absolute atomic E-state index is 0.0261. The largest absolute Gasteiger partial charge is 0.463 e. The van der Waals surface area contributed by atoms with Crippen LogP contribution in [0.2, 0.25) is 0 Å². The molecule has 138 valence electrons. The minimum Gasteiger partial charge on any atom is -0.463 e. The quantitative estimate of drug-likeness (QED) is 0.679. The van der Waals surface area contributed by atoms with Crippen molar-refractivity contribution in [3.8, 4) is 0 Å². The standard InChI is InChI=1S/C21H30O4/c1-12(22)25-14-6-8-20(2)13(10-14)11-17(23)19-15-4-5-18(24)21(15,3)9-7-16(19)20/h13-16,19H,4-11H2,1-3H3/t13-,14-,15+,16+,19-,20-,21+/m0/s1. The van der Waals surface area contributed by atoms with E-state index in [1.165, 1.54) is 6.92 Å². The molecule has 7 atom stereocenters. The van der Waals surface area contributed by atoms with Crippen LogP contribution < -0.4 is 0 Å². The molecule has 0 aromatic rings. The van der Waals surface area contributed by atoms with Crippen LogP contribution in [-0.4, -0.2) is 23.6 Å². The van der Waals surface area contributed by atoms with Crippen molar-refractivity contribution in [1.82, 2.24) is 0 Å². The second kappa shape index (κ2) is 5.65. The highest BCUT2D eigenvalue weighted by molar-refractivity contribution is 5.90. The summed E-state index contributed by atoms with van der Waals surface area (Å²) in [6.07, 6.45) is 6.85. The SMILES string of the molecule is CC(=O)O[C@H]1CC[C@@]2(C)[C@H](CC(=O)[C@@H]3[C@H]2CC[C@@]2(C)C(=O)CC[C@H]32)C1. The first-order valence-electron chi connectivity index (χ1n) is 9.99. The van der Waals surface area contributed by atoms with Crippen molar-refractivity contribution in [3.05, 3.63) is 0 Å². The van der Waals surface area contributed by atoms with E-state index in [0.29, 0.717) is 36.2 Å². The minimum atomic E-state index is -0.255. The highest BCUT2D eigenvalue weighted by Crippen LogP contribution is 2.64. The molecule has 4 fully saturated rings. The molecular formula is C21H30O4. The van der Waals surface area contributed by atoms with Crippen molar-refractivity contribution in [2.75, 3.05) is 0 Å². The molecule has 0 spiro atoms. The molecule has 0 aromatic heterocycles. The van der Waals surface area contributed by atoms with E-state index in [9.17, 15) is 14.4 Å². The van der Waals surface area contributed by atoms with Crippen LogP contribution in [0.4, 0.5) is 0 Å². The second-order valence-corrected chi connectivity index (χ2v) is 9.54. The van der Waals surface area contributed by atoms with Crippen molar-refractivity contribution in [2.24, 2.45) is 34.5 Å². The summed E-state index contributed by atoms with van der Waals surface area (Å²) < 4.78 is 5.46. The zero-order valence-electron chi connectivity index (χ0n) is 15.7. The van der Waals surface area contributed by atoms with Gasteiger partial charge in [-0.3, -0.25) is 14.4 Å². The van der Waals surface area contributed by atoms with Gasteiger partial charge in [-0.05, 0) is 61.7 Å². The van der Waals surface area contributed by atoms with Crippen LogP contribution in [0.3, 0.4) is 0 Å². The summed E-state index contributed by atoms with van der Waals surface area (Å²) in [6, 6.07) is 0. The van der Waals surface area contributed by atoms with Crippen molar-refractivity contribution in [1.29, 1.82) is 0 Å². The van der Waals surface area contributed by atoms with E-state index in [2.05, 4.69) is 13.8 Å². The van der Waals surface area contributed by atoms with E-state index in [0.717, 1.165) is 38.5 Å². The van der Waals surface area contributed by atoms with Crippen LogP contribution in [-0.2, 0) is 19.1 Å². The zero-order chi connectivity index (χ0) is 18.0. The predicted octanol–water partition coefficient (Wildman–Crippen LogP) is 3.71. The van der Waals surface area contributed by atoms with Gasteiger partial charge in [-0.15, -0.1) is 0 Å². The Morgan fingerprint density at radius 3 is 2.56 bits per heavy atom. The molecule has 25 heavy (non-hydrogen) atoms. The summed E-state index contributed by atoms with van der Waals surface area (Å²) in [5.41, 5.74) is -0.100. The molecule has 0 aromatic carbocycles. The summed E-state index contributed by atoms with van der Waals surface area (Å²) in [6.45, 7) is 5.95. The van der Waals surface area contributed by atoms with Gasteiger partial charge in [0.05, 0.1) is 0 Å². The molecule has 0 radical (unpaired) electrons. The topological polar surface area (TPSA) is 60.4 Å². The van der Waals surface area contributed by atoms with Gasteiger partial charge in [-0.1, -0.05) is 13.8 Å². The van der Waals surface area contributed by atoms with E-state index < -0.39 is 0 Å². The number of Topliss-reactive ketones (excluding diaryl/α,β-unsaturated/α-hetero) is 2. The summed E-state index contributed by atoms with van der Waals surface area (Å²) >= 11 is 0. The summed E-state index contributed by atoms with van der Waals surface area (Å²) in [7, 11) is 0. The molecule has 4 rings (SSSR count). The maximum Gasteiger partial charge on any atom is 0.302 e. The first-order chi connectivity index (χ1) is 11.8. The molecule has 4 saturated carbocycles. The van der Waals surface area contributed by atoms with E-state index in [4.69, 9.17) is 4.74 Å². The van der Waals surface area contributed by atoms with E-state index in [1.54, 1.807) is 0 Å². The number of fused-ring (bicyclic) bond motifs is 5. The van der Waals surface area contributed by atoms with Gasteiger partial charge in [0.1, 0.15) is 17.7 Å². The highest BCUT2D eigenvalue weighted by Gasteiger charge is 2.62. The third kappa shape index (κ3) is 2.43. The molecule has 0 amide bonds. The van der Waals surface area contributed by atoms with Crippen LogP contribution in [0.15, 0.2) is 0 Å². The number of ketones is 2. The number of hydrogen-bond donors (Lipinski definition) is 0. The Balaban J connectivity index is 1.60. The Bertz CT molecular complexity index is 625. The van der Waals surface area contributed by atoms with E-state index in [1.807, 2.05) is 0 Å². The van der Waals surface area contributed by atoms with Crippen LogP contribution in [0.5, 0.6) is 0 Å². The Morgan fingerprint density at radius 1 is 1.08 bits per heavy atom. The molecule has 4 nitrogen and oxygen atoms in total. The lowest BCUT2D eigenvalue weighted by Gasteiger charge is -2.59. The third-order valence-electron chi connectivity index (χ3n) is 8.46. The number of carbonyl (C=O) groups excluding carboxylic acids is 3. The molecular weight excluding hydrogens is 316 g/mol. The lowest BCUT2D eigenvalue weighted by atomic mass is 9.45. The Kier molecular flexibility index (Phi) is 3.90. The summed E-state index contributed by atoms with van der Waals surface area (Å²) in [4.78, 5) is 36.9. The monoisotopic (exact) mass is 346 g/mol. The van der Waals surface area contributed by atoms with Crippen LogP contribution in [0.25, 0.3) is 0 Å². The number of rotatable bonds is 1. The molecule has 0 unspecified atom stereocenters. The maximum absolute atomic E-state index is 13.1. The highest BCUT2D eigenvalue weighted by atomic mass is 16.5. The molecule has 0 bridgehead atoms. The van der Waals surface area contributed by atoms with Crippen LogP contribution in [0.1, 0.15) is 72.1 Å². The molecule has 4 aliphatic carbocycles. The number of esters is 1. The molecule has 4 aliphatic rings. The Labute approximate surface area is 150 Å². The molecule has 4 heteroatoms. The Hall–Kier alpha value is -1.19.